The predicted octanol–water partition coefficient (Wildman–Crippen LogP) is 3.67. The van der Waals surface area contributed by atoms with E-state index >= 15 is 0 Å². The zero-order chi connectivity index (χ0) is 14.5. The van der Waals surface area contributed by atoms with E-state index in [9.17, 15) is 0 Å². The maximum atomic E-state index is 5.83. The second-order valence-corrected chi connectivity index (χ2v) is 5.41. The highest BCUT2D eigenvalue weighted by Crippen LogP contribution is 2.25. The lowest BCUT2D eigenvalue weighted by molar-refractivity contribution is 0.446. The normalized spacial score (nSPS) is 18.5. The molecule has 3 nitrogen and oxygen atoms in total. The molecule has 2 aromatic carbocycles. The van der Waals surface area contributed by atoms with Crippen LogP contribution in [0.3, 0.4) is 0 Å². The van der Waals surface area contributed by atoms with E-state index in [-0.39, 0.29) is 0 Å². The molecule has 0 bridgehead atoms. The molecular weight excluding hydrogens is 260 g/mol. The van der Waals surface area contributed by atoms with E-state index in [0.717, 1.165) is 31.1 Å². The van der Waals surface area contributed by atoms with Crippen LogP contribution < -0.4 is 15.0 Å². The van der Waals surface area contributed by atoms with Crippen molar-refractivity contribution in [1.29, 1.82) is 0 Å². The molecule has 0 amide bonds. The summed E-state index contributed by atoms with van der Waals surface area (Å²) in [5.41, 5.74) is 1.27. The van der Waals surface area contributed by atoms with Crippen molar-refractivity contribution in [3.05, 3.63) is 54.6 Å². The lowest BCUT2D eigenvalue weighted by Crippen LogP contribution is -2.50. The molecule has 1 saturated heterocycles. The minimum atomic E-state index is 0.596. The van der Waals surface area contributed by atoms with Gasteiger partial charge in [-0.1, -0.05) is 25.1 Å². The van der Waals surface area contributed by atoms with Gasteiger partial charge in [0.1, 0.15) is 11.5 Å². The number of hydrogen-bond donors (Lipinski definition) is 1. The molecule has 0 aliphatic carbocycles. The van der Waals surface area contributed by atoms with Crippen LogP contribution >= 0.6 is 0 Å². The van der Waals surface area contributed by atoms with E-state index in [1.807, 2.05) is 42.5 Å². The topological polar surface area (TPSA) is 24.5 Å². The Labute approximate surface area is 126 Å². The smallest absolute Gasteiger partial charge is 0.127 e. The fourth-order valence-corrected chi connectivity index (χ4v) is 2.68. The van der Waals surface area contributed by atoms with Crippen LogP contribution in [0.2, 0.25) is 0 Å². The second-order valence-electron chi connectivity index (χ2n) is 5.41. The number of ether oxygens (including phenoxy) is 1. The molecule has 1 unspecified atom stereocenters. The number of hydrogen-bond acceptors (Lipinski definition) is 3. The molecule has 1 fully saturated rings. The van der Waals surface area contributed by atoms with Crippen LogP contribution in [0.5, 0.6) is 11.5 Å². The van der Waals surface area contributed by atoms with E-state index in [0.29, 0.717) is 6.04 Å². The first kappa shape index (κ1) is 14.0. The van der Waals surface area contributed by atoms with Crippen molar-refractivity contribution in [2.24, 2.45) is 0 Å². The molecule has 0 radical (unpaired) electrons. The first-order chi connectivity index (χ1) is 10.3. The minimum absolute atomic E-state index is 0.596. The van der Waals surface area contributed by atoms with Crippen molar-refractivity contribution in [2.75, 3.05) is 24.5 Å². The molecule has 3 heteroatoms. The van der Waals surface area contributed by atoms with Crippen LogP contribution in [0.4, 0.5) is 5.69 Å². The van der Waals surface area contributed by atoms with Gasteiger partial charge in [0.25, 0.3) is 0 Å². The van der Waals surface area contributed by atoms with Gasteiger partial charge in [0.05, 0.1) is 0 Å². The summed E-state index contributed by atoms with van der Waals surface area (Å²) in [7, 11) is 0. The molecule has 0 saturated carbocycles. The van der Waals surface area contributed by atoms with Crippen LogP contribution in [-0.2, 0) is 0 Å². The highest BCUT2D eigenvalue weighted by Gasteiger charge is 2.17. The molecule has 21 heavy (non-hydrogen) atoms. The number of para-hydroxylation sites is 1. The van der Waals surface area contributed by atoms with Gasteiger partial charge in [0, 0.05) is 31.4 Å². The molecule has 1 heterocycles. The Morgan fingerprint density at radius 3 is 2.48 bits per heavy atom. The maximum Gasteiger partial charge on any atom is 0.127 e. The molecule has 0 spiro atoms. The number of nitrogens with zero attached hydrogens (tertiary/aromatic N) is 1. The number of piperazine rings is 1. The number of anilines is 1. The van der Waals surface area contributed by atoms with Gasteiger partial charge in [-0.25, -0.2) is 0 Å². The van der Waals surface area contributed by atoms with E-state index in [1.165, 1.54) is 12.1 Å². The molecule has 2 aromatic rings. The van der Waals surface area contributed by atoms with E-state index < -0.39 is 0 Å². The van der Waals surface area contributed by atoms with Gasteiger partial charge >= 0.3 is 0 Å². The molecule has 1 atom stereocenters. The van der Waals surface area contributed by atoms with Gasteiger partial charge in [-0.3, -0.25) is 0 Å². The molecular formula is C18H22N2O. The first-order valence-corrected chi connectivity index (χ1v) is 7.66. The van der Waals surface area contributed by atoms with Gasteiger partial charge in [0.2, 0.25) is 0 Å². The van der Waals surface area contributed by atoms with Crippen LogP contribution in [0, 0.1) is 0 Å². The van der Waals surface area contributed by atoms with Crippen LogP contribution in [0.25, 0.3) is 0 Å². The maximum absolute atomic E-state index is 5.83. The van der Waals surface area contributed by atoms with Crippen molar-refractivity contribution in [1.82, 2.24) is 5.32 Å². The van der Waals surface area contributed by atoms with Crippen molar-refractivity contribution in [3.63, 3.8) is 0 Å². The molecule has 3 rings (SSSR count). The molecule has 1 aliphatic rings. The average molecular weight is 282 g/mol. The van der Waals surface area contributed by atoms with Crippen LogP contribution in [0.1, 0.15) is 13.3 Å². The zero-order valence-electron chi connectivity index (χ0n) is 12.5. The molecule has 1 aliphatic heterocycles. The summed E-state index contributed by atoms with van der Waals surface area (Å²) in [4.78, 5) is 2.44. The van der Waals surface area contributed by atoms with Gasteiger partial charge in [0.15, 0.2) is 0 Å². The summed E-state index contributed by atoms with van der Waals surface area (Å²) in [5.74, 6) is 1.76. The Bertz CT molecular complexity index is 553. The van der Waals surface area contributed by atoms with Crippen LogP contribution in [-0.4, -0.2) is 25.7 Å². The highest BCUT2D eigenvalue weighted by atomic mass is 16.5. The second kappa shape index (κ2) is 6.64. The molecule has 1 N–H and O–H groups in total. The fourth-order valence-electron chi connectivity index (χ4n) is 2.68. The SMILES string of the molecule is CCC1CN(c2ccc(Oc3ccccc3)cc2)CCN1. The lowest BCUT2D eigenvalue weighted by atomic mass is 10.1. The van der Waals surface area contributed by atoms with E-state index in [2.05, 4.69) is 29.3 Å². The van der Waals surface area contributed by atoms with E-state index in [4.69, 9.17) is 4.74 Å². The fraction of sp³-hybridized carbons (Fsp3) is 0.333. The standard InChI is InChI=1S/C18H22N2O/c1-2-15-14-20(13-12-19-15)16-8-10-18(11-9-16)21-17-6-4-3-5-7-17/h3-11,15,19H,2,12-14H2,1H3. The van der Waals surface area contributed by atoms with Crippen molar-refractivity contribution < 1.29 is 4.74 Å². The van der Waals surface area contributed by atoms with Crippen molar-refractivity contribution in [3.8, 4) is 11.5 Å². The van der Waals surface area contributed by atoms with Crippen molar-refractivity contribution >= 4 is 5.69 Å². The Balaban J connectivity index is 1.66. The number of rotatable bonds is 4. The predicted molar refractivity (Wildman–Crippen MR) is 87.3 cm³/mol. The monoisotopic (exact) mass is 282 g/mol. The van der Waals surface area contributed by atoms with Crippen LogP contribution in [0.15, 0.2) is 54.6 Å². The zero-order valence-corrected chi connectivity index (χ0v) is 12.5. The van der Waals surface area contributed by atoms with Gasteiger partial charge < -0.3 is 15.0 Å². The number of benzene rings is 2. The van der Waals surface area contributed by atoms with Crippen molar-refractivity contribution in [2.45, 2.75) is 19.4 Å². The number of nitrogens with one attached hydrogen (secondary N) is 1. The summed E-state index contributed by atoms with van der Waals surface area (Å²) in [6, 6.07) is 18.9. The Kier molecular flexibility index (Phi) is 4.41. The molecule has 0 aromatic heterocycles. The third-order valence-corrected chi connectivity index (χ3v) is 3.93. The largest absolute Gasteiger partial charge is 0.457 e. The van der Waals surface area contributed by atoms with Gasteiger partial charge in [-0.15, -0.1) is 0 Å². The summed E-state index contributed by atoms with van der Waals surface area (Å²) >= 11 is 0. The Morgan fingerprint density at radius 1 is 1.05 bits per heavy atom. The first-order valence-electron chi connectivity index (χ1n) is 7.66. The Hall–Kier alpha value is -2.00. The van der Waals surface area contributed by atoms with Gasteiger partial charge in [-0.2, -0.15) is 0 Å². The Morgan fingerprint density at radius 2 is 1.76 bits per heavy atom. The minimum Gasteiger partial charge on any atom is -0.457 e. The summed E-state index contributed by atoms with van der Waals surface area (Å²) < 4.78 is 5.83. The lowest BCUT2D eigenvalue weighted by Gasteiger charge is -2.35. The third kappa shape index (κ3) is 3.56. The van der Waals surface area contributed by atoms with E-state index in [1.54, 1.807) is 0 Å². The quantitative estimate of drug-likeness (QED) is 0.926. The highest BCUT2D eigenvalue weighted by molar-refractivity contribution is 5.50. The average Bonchev–Trinajstić information content (AvgIpc) is 2.56. The third-order valence-electron chi connectivity index (χ3n) is 3.93. The van der Waals surface area contributed by atoms with Gasteiger partial charge in [-0.05, 0) is 42.8 Å². The molecule has 110 valence electrons. The summed E-state index contributed by atoms with van der Waals surface area (Å²) in [6.45, 7) is 5.43. The summed E-state index contributed by atoms with van der Waals surface area (Å²) in [6.07, 6.45) is 1.17. The summed E-state index contributed by atoms with van der Waals surface area (Å²) in [5, 5.41) is 3.55.